The lowest BCUT2D eigenvalue weighted by atomic mass is 9.97. The molecular formula is C26H20N2. The lowest BCUT2D eigenvalue weighted by Gasteiger charge is -2.04. The zero-order valence-electron chi connectivity index (χ0n) is 16.0. The van der Waals surface area contributed by atoms with Crippen LogP contribution in [0, 0.1) is 36.5 Å². The molecule has 0 heterocycles. The van der Waals surface area contributed by atoms with Crippen LogP contribution in [0.2, 0.25) is 0 Å². The Balaban J connectivity index is 1.93. The van der Waals surface area contributed by atoms with E-state index in [0.29, 0.717) is 11.1 Å². The molecule has 3 rings (SSSR count). The van der Waals surface area contributed by atoms with Crippen LogP contribution in [-0.4, -0.2) is 0 Å². The van der Waals surface area contributed by atoms with Crippen LogP contribution in [0.3, 0.4) is 0 Å². The number of nitriles is 2. The van der Waals surface area contributed by atoms with Gasteiger partial charge in [0.15, 0.2) is 0 Å². The van der Waals surface area contributed by atoms with Crippen molar-refractivity contribution in [3.63, 3.8) is 0 Å². The van der Waals surface area contributed by atoms with E-state index in [1.807, 2.05) is 86.7 Å². The second-order valence-corrected chi connectivity index (χ2v) is 6.74. The molecule has 2 heteroatoms. The van der Waals surface area contributed by atoms with Gasteiger partial charge in [-0.25, -0.2) is 0 Å². The summed E-state index contributed by atoms with van der Waals surface area (Å²) in [6.07, 6.45) is 7.69. The molecule has 0 atom stereocenters. The van der Waals surface area contributed by atoms with Gasteiger partial charge in [-0.2, -0.15) is 10.5 Å². The topological polar surface area (TPSA) is 47.6 Å². The van der Waals surface area contributed by atoms with E-state index in [0.717, 1.165) is 22.3 Å². The standard InChI is InChI=1S/C26H20N2/c1-19-3-7-21(8-4-19)11-13-23-15-26(18-28)24(16-25(23)17-27)14-12-22-9-5-20(2)6-10-22/h3-16H,1-2H3. The van der Waals surface area contributed by atoms with Crippen LogP contribution in [0.5, 0.6) is 0 Å². The average Bonchev–Trinajstić information content (AvgIpc) is 2.72. The summed E-state index contributed by atoms with van der Waals surface area (Å²) >= 11 is 0. The minimum atomic E-state index is 0.547. The summed E-state index contributed by atoms with van der Waals surface area (Å²) in [6.45, 7) is 4.09. The maximum absolute atomic E-state index is 9.56. The Morgan fingerprint density at radius 3 is 1.25 bits per heavy atom. The van der Waals surface area contributed by atoms with E-state index in [1.165, 1.54) is 11.1 Å². The van der Waals surface area contributed by atoms with Crippen molar-refractivity contribution in [2.45, 2.75) is 13.8 Å². The van der Waals surface area contributed by atoms with Gasteiger partial charge in [-0.1, -0.05) is 84.0 Å². The van der Waals surface area contributed by atoms with Crippen molar-refractivity contribution in [3.05, 3.63) is 105 Å². The smallest absolute Gasteiger partial charge is 0.0998 e. The third kappa shape index (κ3) is 4.64. The normalized spacial score (nSPS) is 10.9. The van der Waals surface area contributed by atoms with Crippen LogP contribution < -0.4 is 0 Å². The summed E-state index contributed by atoms with van der Waals surface area (Å²) in [5, 5.41) is 19.1. The Bertz CT molecular complexity index is 1020. The summed E-state index contributed by atoms with van der Waals surface area (Å²) in [7, 11) is 0. The van der Waals surface area contributed by atoms with E-state index in [9.17, 15) is 10.5 Å². The molecule has 0 saturated carbocycles. The first-order valence-corrected chi connectivity index (χ1v) is 9.07. The number of nitrogens with zero attached hydrogens (tertiary/aromatic N) is 2. The van der Waals surface area contributed by atoms with Gasteiger partial charge >= 0.3 is 0 Å². The molecule has 134 valence electrons. The van der Waals surface area contributed by atoms with Gasteiger partial charge in [0.05, 0.1) is 23.3 Å². The molecule has 3 aromatic carbocycles. The van der Waals surface area contributed by atoms with Crippen LogP contribution in [0.4, 0.5) is 0 Å². The average molecular weight is 360 g/mol. The molecule has 0 aliphatic rings. The van der Waals surface area contributed by atoms with Gasteiger partial charge < -0.3 is 0 Å². The van der Waals surface area contributed by atoms with E-state index in [2.05, 4.69) is 12.1 Å². The van der Waals surface area contributed by atoms with E-state index in [4.69, 9.17) is 0 Å². The third-order valence-corrected chi connectivity index (χ3v) is 4.53. The van der Waals surface area contributed by atoms with Crippen LogP contribution in [0.1, 0.15) is 44.5 Å². The Morgan fingerprint density at radius 2 is 0.929 bits per heavy atom. The predicted octanol–water partition coefficient (Wildman–Crippen LogP) is 6.39. The monoisotopic (exact) mass is 360 g/mol. The highest BCUT2D eigenvalue weighted by atomic mass is 14.3. The molecule has 0 spiro atoms. The first kappa shape index (κ1) is 18.9. The largest absolute Gasteiger partial charge is 0.192 e. The molecule has 0 aromatic heterocycles. The third-order valence-electron chi connectivity index (χ3n) is 4.53. The molecule has 28 heavy (non-hydrogen) atoms. The van der Waals surface area contributed by atoms with E-state index >= 15 is 0 Å². The summed E-state index contributed by atoms with van der Waals surface area (Å²) in [4.78, 5) is 0. The summed E-state index contributed by atoms with van der Waals surface area (Å²) in [5.41, 5.74) is 7.08. The van der Waals surface area contributed by atoms with Gasteiger partial charge in [0.25, 0.3) is 0 Å². The molecule has 0 aliphatic heterocycles. The summed E-state index contributed by atoms with van der Waals surface area (Å²) < 4.78 is 0. The minimum Gasteiger partial charge on any atom is -0.192 e. The second kappa shape index (κ2) is 8.67. The minimum absolute atomic E-state index is 0.547. The molecule has 0 saturated heterocycles. The number of hydrogen-bond acceptors (Lipinski definition) is 2. The Labute approximate surface area is 166 Å². The van der Waals surface area contributed by atoms with Gasteiger partial charge in [0, 0.05) is 0 Å². The molecule has 0 radical (unpaired) electrons. The van der Waals surface area contributed by atoms with Crippen LogP contribution >= 0.6 is 0 Å². The van der Waals surface area contributed by atoms with Crippen molar-refractivity contribution in [3.8, 4) is 12.1 Å². The SMILES string of the molecule is Cc1ccc(C=Cc2cc(C#N)c(C=Cc3ccc(C)cc3)cc2C#N)cc1. The molecular weight excluding hydrogens is 340 g/mol. The molecule has 2 nitrogen and oxygen atoms in total. The second-order valence-electron chi connectivity index (χ2n) is 6.74. The van der Waals surface area contributed by atoms with Crippen LogP contribution in [-0.2, 0) is 0 Å². The van der Waals surface area contributed by atoms with Gasteiger partial charge in [0.2, 0.25) is 0 Å². The van der Waals surface area contributed by atoms with E-state index in [1.54, 1.807) is 12.1 Å². The van der Waals surface area contributed by atoms with E-state index in [-0.39, 0.29) is 0 Å². The lowest BCUT2D eigenvalue weighted by Crippen LogP contribution is -1.90. The highest BCUT2D eigenvalue weighted by Gasteiger charge is 2.06. The zero-order valence-corrected chi connectivity index (χ0v) is 16.0. The summed E-state index contributed by atoms with van der Waals surface area (Å²) in [5.74, 6) is 0. The molecule has 0 bridgehead atoms. The fourth-order valence-corrected chi connectivity index (χ4v) is 2.83. The highest BCUT2D eigenvalue weighted by molar-refractivity contribution is 5.78. The Morgan fingerprint density at radius 1 is 0.571 bits per heavy atom. The van der Waals surface area contributed by atoms with Gasteiger partial charge in [-0.05, 0) is 48.2 Å². The number of hydrogen-bond donors (Lipinski definition) is 0. The van der Waals surface area contributed by atoms with Gasteiger partial charge in [-0.15, -0.1) is 0 Å². The lowest BCUT2D eigenvalue weighted by molar-refractivity contribution is 1.42. The first-order valence-electron chi connectivity index (χ1n) is 9.07. The van der Waals surface area contributed by atoms with Crippen molar-refractivity contribution in [1.82, 2.24) is 0 Å². The van der Waals surface area contributed by atoms with Crippen LogP contribution in [0.15, 0.2) is 60.7 Å². The quantitative estimate of drug-likeness (QED) is 0.506. The zero-order chi connectivity index (χ0) is 19.9. The van der Waals surface area contributed by atoms with Crippen molar-refractivity contribution >= 4 is 24.3 Å². The fourth-order valence-electron chi connectivity index (χ4n) is 2.83. The fraction of sp³-hybridized carbons (Fsp3) is 0.0769. The molecule has 0 fully saturated rings. The maximum atomic E-state index is 9.56. The Hall–Kier alpha value is -3.88. The highest BCUT2D eigenvalue weighted by Crippen LogP contribution is 2.21. The number of rotatable bonds is 4. The van der Waals surface area contributed by atoms with Crippen molar-refractivity contribution in [2.75, 3.05) is 0 Å². The number of aryl methyl sites for hydroxylation is 2. The van der Waals surface area contributed by atoms with E-state index < -0.39 is 0 Å². The molecule has 0 N–H and O–H groups in total. The number of benzene rings is 3. The Kier molecular flexibility index (Phi) is 5.85. The van der Waals surface area contributed by atoms with Gasteiger partial charge in [0.1, 0.15) is 0 Å². The predicted molar refractivity (Wildman–Crippen MR) is 116 cm³/mol. The van der Waals surface area contributed by atoms with Crippen molar-refractivity contribution < 1.29 is 0 Å². The van der Waals surface area contributed by atoms with Crippen LogP contribution in [0.25, 0.3) is 24.3 Å². The maximum Gasteiger partial charge on any atom is 0.0998 e. The first-order chi connectivity index (χ1) is 13.6. The molecule has 3 aromatic rings. The van der Waals surface area contributed by atoms with Crippen molar-refractivity contribution in [2.24, 2.45) is 0 Å². The van der Waals surface area contributed by atoms with Gasteiger partial charge in [-0.3, -0.25) is 0 Å². The summed E-state index contributed by atoms with van der Waals surface area (Å²) in [6, 6.07) is 24.3. The van der Waals surface area contributed by atoms with Crippen molar-refractivity contribution in [1.29, 1.82) is 10.5 Å². The molecule has 0 amide bonds. The molecule has 0 unspecified atom stereocenters. The molecule has 0 aliphatic carbocycles.